The van der Waals surface area contributed by atoms with E-state index < -0.39 is 17.3 Å². The molecule has 2 rings (SSSR count). The molecule has 1 aliphatic carbocycles. The number of halogens is 1. The molecule has 0 atom stereocenters. The molecule has 1 saturated carbocycles. The van der Waals surface area contributed by atoms with Crippen molar-refractivity contribution >= 4 is 5.91 Å². The van der Waals surface area contributed by atoms with Crippen molar-refractivity contribution in [3.8, 4) is 0 Å². The van der Waals surface area contributed by atoms with Crippen molar-refractivity contribution in [2.24, 2.45) is 5.92 Å². The van der Waals surface area contributed by atoms with Crippen LogP contribution in [0.15, 0.2) is 18.5 Å². The van der Waals surface area contributed by atoms with Crippen molar-refractivity contribution in [3.63, 3.8) is 0 Å². The Kier molecular flexibility index (Phi) is 4.14. The van der Waals surface area contributed by atoms with Gasteiger partial charge >= 0.3 is 0 Å². The largest absolute Gasteiger partial charge is 0.388 e. The first-order valence-corrected chi connectivity index (χ1v) is 6.60. The van der Waals surface area contributed by atoms with Gasteiger partial charge in [0.25, 0.3) is 5.91 Å². The monoisotopic (exact) mass is 266 g/mol. The highest BCUT2D eigenvalue weighted by atomic mass is 19.1. The Bertz CT molecular complexity index is 457. The number of hydrogen-bond acceptors (Lipinski definition) is 3. The van der Waals surface area contributed by atoms with Crippen LogP contribution in [0.5, 0.6) is 0 Å². The van der Waals surface area contributed by atoms with Gasteiger partial charge in [-0.25, -0.2) is 4.39 Å². The third kappa shape index (κ3) is 3.50. The van der Waals surface area contributed by atoms with Gasteiger partial charge in [-0.15, -0.1) is 0 Å². The Balaban J connectivity index is 1.92. The minimum Gasteiger partial charge on any atom is -0.388 e. The molecule has 2 N–H and O–H groups in total. The fourth-order valence-corrected chi connectivity index (χ4v) is 2.38. The molecule has 5 heteroatoms. The molecule has 0 spiro atoms. The van der Waals surface area contributed by atoms with E-state index in [1.807, 2.05) is 0 Å². The topological polar surface area (TPSA) is 62.2 Å². The molecule has 19 heavy (non-hydrogen) atoms. The Hall–Kier alpha value is -1.49. The SMILES string of the molecule is CC1CCC(O)(CNC(=O)c2ccncc2F)CC1. The van der Waals surface area contributed by atoms with E-state index in [1.165, 1.54) is 12.3 Å². The summed E-state index contributed by atoms with van der Waals surface area (Å²) in [4.78, 5) is 15.4. The van der Waals surface area contributed by atoms with Crippen LogP contribution in [0.4, 0.5) is 4.39 Å². The maximum absolute atomic E-state index is 13.4. The van der Waals surface area contributed by atoms with Gasteiger partial charge in [0.05, 0.1) is 17.4 Å². The Morgan fingerprint density at radius 1 is 1.58 bits per heavy atom. The molecule has 1 aliphatic rings. The molecular formula is C14H19FN2O2. The quantitative estimate of drug-likeness (QED) is 0.878. The van der Waals surface area contributed by atoms with E-state index in [4.69, 9.17) is 0 Å². The molecule has 1 aromatic rings. The highest BCUT2D eigenvalue weighted by molar-refractivity contribution is 5.94. The van der Waals surface area contributed by atoms with Crippen molar-refractivity contribution in [1.29, 1.82) is 0 Å². The molecule has 4 nitrogen and oxygen atoms in total. The zero-order valence-electron chi connectivity index (χ0n) is 11.0. The van der Waals surface area contributed by atoms with Crippen LogP contribution in [0.25, 0.3) is 0 Å². The van der Waals surface area contributed by atoms with Crippen LogP contribution in [-0.4, -0.2) is 28.1 Å². The summed E-state index contributed by atoms with van der Waals surface area (Å²) in [7, 11) is 0. The number of amides is 1. The predicted octanol–water partition coefficient (Wildman–Crippen LogP) is 1.89. The Labute approximate surface area is 112 Å². The second-order valence-electron chi connectivity index (χ2n) is 5.45. The zero-order chi connectivity index (χ0) is 13.9. The summed E-state index contributed by atoms with van der Waals surface area (Å²) in [6.07, 6.45) is 5.63. The molecule has 0 saturated heterocycles. The number of nitrogens with zero attached hydrogens (tertiary/aromatic N) is 1. The van der Waals surface area contributed by atoms with Crippen molar-refractivity contribution in [3.05, 3.63) is 29.8 Å². The third-order valence-electron chi connectivity index (χ3n) is 3.80. The van der Waals surface area contributed by atoms with Crippen LogP contribution in [0, 0.1) is 11.7 Å². The van der Waals surface area contributed by atoms with E-state index in [1.54, 1.807) is 0 Å². The van der Waals surface area contributed by atoms with Crippen LogP contribution < -0.4 is 5.32 Å². The first kappa shape index (κ1) is 13.9. The van der Waals surface area contributed by atoms with Crippen LogP contribution in [-0.2, 0) is 0 Å². The number of aliphatic hydroxyl groups is 1. The Morgan fingerprint density at radius 2 is 2.26 bits per heavy atom. The number of rotatable bonds is 3. The predicted molar refractivity (Wildman–Crippen MR) is 69.1 cm³/mol. The minimum absolute atomic E-state index is 0.0391. The fourth-order valence-electron chi connectivity index (χ4n) is 2.38. The number of pyridine rings is 1. The Morgan fingerprint density at radius 3 is 2.89 bits per heavy atom. The lowest BCUT2D eigenvalue weighted by Crippen LogP contribution is -2.45. The molecule has 0 aromatic carbocycles. The average Bonchev–Trinajstić information content (AvgIpc) is 2.41. The highest BCUT2D eigenvalue weighted by Gasteiger charge is 2.32. The summed E-state index contributed by atoms with van der Waals surface area (Å²) in [5.74, 6) is -0.537. The van der Waals surface area contributed by atoms with Gasteiger partial charge in [-0.2, -0.15) is 0 Å². The first-order chi connectivity index (χ1) is 9.00. The summed E-state index contributed by atoms with van der Waals surface area (Å²) in [6.45, 7) is 2.32. The van der Waals surface area contributed by atoms with Crippen molar-refractivity contribution in [2.75, 3.05) is 6.54 Å². The number of aromatic nitrogens is 1. The van der Waals surface area contributed by atoms with Crippen molar-refractivity contribution in [2.45, 2.75) is 38.2 Å². The van der Waals surface area contributed by atoms with Crippen LogP contribution in [0.3, 0.4) is 0 Å². The van der Waals surface area contributed by atoms with Crippen LogP contribution >= 0.6 is 0 Å². The van der Waals surface area contributed by atoms with Crippen LogP contribution in [0.2, 0.25) is 0 Å². The summed E-state index contributed by atoms with van der Waals surface area (Å²) in [5.41, 5.74) is -0.895. The van der Waals surface area contributed by atoms with Gasteiger partial charge in [0, 0.05) is 12.7 Å². The van der Waals surface area contributed by atoms with Gasteiger partial charge in [0.15, 0.2) is 5.82 Å². The zero-order valence-corrected chi connectivity index (χ0v) is 11.0. The molecule has 0 aliphatic heterocycles. The van der Waals surface area contributed by atoms with E-state index in [2.05, 4.69) is 17.2 Å². The first-order valence-electron chi connectivity index (χ1n) is 6.60. The van der Waals surface area contributed by atoms with E-state index in [0.29, 0.717) is 18.8 Å². The van der Waals surface area contributed by atoms with E-state index in [0.717, 1.165) is 19.0 Å². The van der Waals surface area contributed by atoms with Gasteiger partial charge in [-0.1, -0.05) is 6.92 Å². The summed E-state index contributed by atoms with van der Waals surface area (Å²) >= 11 is 0. The lowest BCUT2D eigenvalue weighted by molar-refractivity contribution is -0.00543. The van der Waals surface area contributed by atoms with E-state index in [9.17, 15) is 14.3 Å². The standard InChI is InChI=1S/C14H19FN2O2/c1-10-2-5-14(19,6-3-10)9-17-13(18)11-4-7-16-8-12(11)15/h4,7-8,10,19H,2-3,5-6,9H2,1H3,(H,17,18). The smallest absolute Gasteiger partial charge is 0.254 e. The molecular weight excluding hydrogens is 247 g/mol. The number of carbonyl (C=O) groups excluding carboxylic acids is 1. The molecule has 104 valence electrons. The third-order valence-corrected chi connectivity index (χ3v) is 3.80. The molecule has 0 unspecified atom stereocenters. The minimum atomic E-state index is -0.855. The van der Waals surface area contributed by atoms with Gasteiger partial charge in [-0.3, -0.25) is 9.78 Å². The second kappa shape index (κ2) is 5.65. The van der Waals surface area contributed by atoms with E-state index in [-0.39, 0.29) is 12.1 Å². The highest BCUT2D eigenvalue weighted by Crippen LogP contribution is 2.31. The molecule has 1 fully saturated rings. The summed E-state index contributed by atoms with van der Waals surface area (Å²) in [5, 5.41) is 12.9. The van der Waals surface area contributed by atoms with Gasteiger partial charge < -0.3 is 10.4 Å². The van der Waals surface area contributed by atoms with E-state index >= 15 is 0 Å². The molecule has 0 radical (unpaired) electrons. The van der Waals surface area contributed by atoms with Crippen LogP contribution in [0.1, 0.15) is 43.0 Å². The van der Waals surface area contributed by atoms with Crippen molar-refractivity contribution in [1.82, 2.24) is 10.3 Å². The van der Waals surface area contributed by atoms with Crippen molar-refractivity contribution < 1.29 is 14.3 Å². The number of nitrogens with one attached hydrogen (secondary N) is 1. The molecule has 0 bridgehead atoms. The maximum atomic E-state index is 13.4. The average molecular weight is 266 g/mol. The molecule has 1 amide bonds. The summed E-state index contributed by atoms with van der Waals surface area (Å²) in [6, 6.07) is 1.33. The fraction of sp³-hybridized carbons (Fsp3) is 0.571. The van der Waals surface area contributed by atoms with Gasteiger partial charge in [0.2, 0.25) is 0 Å². The normalized spacial score (nSPS) is 27.0. The number of carbonyl (C=O) groups is 1. The lowest BCUT2D eigenvalue weighted by Gasteiger charge is -2.34. The molecule has 1 aromatic heterocycles. The maximum Gasteiger partial charge on any atom is 0.254 e. The van der Waals surface area contributed by atoms with Gasteiger partial charge in [0.1, 0.15) is 0 Å². The lowest BCUT2D eigenvalue weighted by atomic mass is 9.79. The second-order valence-corrected chi connectivity index (χ2v) is 5.45. The number of hydrogen-bond donors (Lipinski definition) is 2. The molecule has 1 heterocycles. The summed E-state index contributed by atoms with van der Waals surface area (Å²) < 4.78 is 13.4. The van der Waals surface area contributed by atoms with Gasteiger partial charge in [-0.05, 0) is 37.7 Å².